The predicted molar refractivity (Wildman–Crippen MR) is 145 cm³/mol. The van der Waals surface area contributed by atoms with Gasteiger partial charge < -0.3 is 24.2 Å². The van der Waals surface area contributed by atoms with Gasteiger partial charge in [-0.3, -0.25) is 14.5 Å². The van der Waals surface area contributed by atoms with Crippen LogP contribution >= 0.6 is 0 Å². The fourth-order valence-corrected chi connectivity index (χ4v) is 4.83. The molecule has 2 aliphatic rings. The van der Waals surface area contributed by atoms with Crippen molar-refractivity contribution in [3.8, 4) is 11.5 Å². The number of likely N-dealkylation sites (tertiary alicyclic amines) is 1. The van der Waals surface area contributed by atoms with Crippen LogP contribution in [-0.4, -0.2) is 78.7 Å². The van der Waals surface area contributed by atoms with Crippen LogP contribution in [0.1, 0.15) is 36.6 Å². The lowest BCUT2D eigenvalue weighted by Crippen LogP contribution is -2.42. The van der Waals surface area contributed by atoms with E-state index in [1.807, 2.05) is 39.0 Å². The average molecular weight is 521 g/mol. The van der Waals surface area contributed by atoms with Crippen molar-refractivity contribution in [2.24, 2.45) is 0 Å². The maximum atomic E-state index is 13.4. The topological polar surface area (TPSA) is 88.5 Å². The first-order valence-corrected chi connectivity index (χ1v) is 13.0. The first-order chi connectivity index (χ1) is 18.3. The van der Waals surface area contributed by atoms with E-state index >= 15 is 0 Å². The van der Waals surface area contributed by atoms with E-state index in [0.717, 1.165) is 24.2 Å². The van der Waals surface area contributed by atoms with Gasteiger partial charge in [0.15, 0.2) is 0 Å². The minimum Gasteiger partial charge on any atom is -0.507 e. The van der Waals surface area contributed by atoms with Crippen LogP contribution in [0.3, 0.4) is 0 Å². The second-order valence-electron chi connectivity index (χ2n) is 9.76. The molecule has 0 aromatic heterocycles. The molecule has 1 unspecified atom stereocenters. The minimum absolute atomic E-state index is 0.00377. The summed E-state index contributed by atoms with van der Waals surface area (Å²) < 4.78 is 16.8. The zero-order chi connectivity index (χ0) is 27.2. The van der Waals surface area contributed by atoms with Crippen molar-refractivity contribution >= 4 is 17.4 Å². The molecule has 2 heterocycles. The van der Waals surface area contributed by atoms with E-state index in [9.17, 15) is 14.7 Å². The molecule has 8 nitrogen and oxygen atoms in total. The molecule has 0 saturated carbocycles. The minimum atomic E-state index is -0.726. The van der Waals surface area contributed by atoms with Crippen LogP contribution in [0.25, 0.3) is 5.76 Å². The number of amides is 1. The summed E-state index contributed by atoms with van der Waals surface area (Å²) in [6.45, 7) is 13.5. The van der Waals surface area contributed by atoms with E-state index in [2.05, 4.69) is 11.5 Å². The second-order valence-corrected chi connectivity index (χ2v) is 9.76. The molecule has 2 aromatic rings. The zero-order valence-electron chi connectivity index (χ0n) is 22.3. The van der Waals surface area contributed by atoms with E-state index in [0.29, 0.717) is 50.0 Å². The molecule has 0 spiro atoms. The van der Waals surface area contributed by atoms with Crippen molar-refractivity contribution < 1.29 is 28.9 Å². The van der Waals surface area contributed by atoms with Gasteiger partial charge in [0.25, 0.3) is 11.7 Å². The van der Waals surface area contributed by atoms with Gasteiger partial charge in [-0.25, -0.2) is 0 Å². The molecule has 1 atom stereocenters. The maximum Gasteiger partial charge on any atom is 0.295 e. The number of hydrogen-bond donors (Lipinski definition) is 1. The Hall–Kier alpha value is -3.62. The van der Waals surface area contributed by atoms with Crippen LogP contribution in [0, 0.1) is 6.92 Å². The standard InChI is InChI=1S/C30H36N2O6/c1-5-16-37-23-8-6-22(7-9-23)27-26(28(33)25-11-10-24(19-21(25)4)38-20(2)3)29(34)30(35)32(27)13-12-31-14-17-36-18-15-31/h5-11,19-20,27,33H,1,12-18H2,2-4H3. The van der Waals surface area contributed by atoms with Gasteiger partial charge in [-0.2, -0.15) is 0 Å². The monoisotopic (exact) mass is 520 g/mol. The van der Waals surface area contributed by atoms with Crippen molar-refractivity contribution in [3.05, 3.63) is 77.4 Å². The van der Waals surface area contributed by atoms with E-state index < -0.39 is 17.7 Å². The Morgan fingerprint density at radius 1 is 1.11 bits per heavy atom. The van der Waals surface area contributed by atoms with Crippen LogP contribution < -0.4 is 9.47 Å². The van der Waals surface area contributed by atoms with Crippen LogP contribution in [0.4, 0.5) is 0 Å². The highest BCUT2D eigenvalue weighted by Crippen LogP contribution is 2.40. The third-order valence-electron chi connectivity index (χ3n) is 6.69. The third kappa shape index (κ3) is 6.09. The van der Waals surface area contributed by atoms with Gasteiger partial charge in [0.05, 0.1) is 30.9 Å². The number of morpholine rings is 1. The SMILES string of the molecule is C=CCOc1ccc(C2C(=C(O)c3ccc(OC(C)C)cc3C)C(=O)C(=O)N2CCN2CCOCC2)cc1. The molecule has 0 radical (unpaired) electrons. The van der Waals surface area contributed by atoms with E-state index in [1.54, 1.807) is 35.2 Å². The molecule has 1 N–H and O–H groups in total. The van der Waals surface area contributed by atoms with Gasteiger partial charge in [0.1, 0.15) is 23.9 Å². The van der Waals surface area contributed by atoms with Crippen LogP contribution in [0.15, 0.2) is 60.7 Å². The zero-order valence-corrected chi connectivity index (χ0v) is 22.3. The molecule has 2 saturated heterocycles. The number of aryl methyl sites for hydroxylation is 1. The van der Waals surface area contributed by atoms with E-state index in [4.69, 9.17) is 14.2 Å². The fourth-order valence-electron chi connectivity index (χ4n) is 4.83. The molecule has 2 aliphatic heterocycles. The van der Waals surface area contributed by atoms with Gasteiger partial charge in [0.2, 0.25) is 0 Å². The molecule has 8 heteroatoms. The summed E-state index contributed by atoms with van der Waals surface area (Å²) in [5.74, 6) is -0.178. The Labute approximate surface area is 224 Å². The molecular weight excluding hydrogens is 484 g/mol. The predicted octanol–water partition coefficient (Wildman–Crippen LogP) is 4.10. The second kappa shape index (κ2) is 12.3. The molecule has 2 fully saturated rings. The molecule has 0 aliphatic carbocycles. The van der Waals surface area contributed by atoms with Gasteiger partial charge in [-0.15, -0.1) is 0 Å². The van der Waals surface area contributed by atoms with Crippen molar-refractivity contribution in [2.75, 3.05) is 46.0 Å². The number of carbonyl (C=O) groups excluding carboxylic acids is 2. The molecular formula is C30H36N2O6. The summed E-state index contributed by atoms with van der Waals surface area (Å²) in [5.41, 5.74) is 2.03. The van der Waals surface area contributed by atoms with Crippen molar-refractivity contribution in [1.82, 2.24) is 9.80 Å². The Bertz CT molecular complexity index is 1200. The summed E-state index contributed by atoms with van der Waals surface area (Å²) >= 11 is 0. The Balaban J connectivity index is 1.72. The molecule has 202 valence electrons. The molecule has 38 heavy (non-hydrogen) atoms. The first-order valence-electron chi connectivity index (χ1n) is 13.0. The van der Waals surface area contributed by atoms with E-state index in [-0.39, 0.29) is 17.4 Å². The lowest BCUT2D eigenvalue weighted by molar-refractivity contribution is -0.140. The van der Waals surface area contributed by atoms with Crippen LogP contribution in [0.5, 0.6) is 11.5 Å². The Morgan fingerprint density at radius 3 is 2.42 bits per heavy atom. The fraction of sp³-hybridized carbons (Fsp3) is 0.400. The molecule has 4 rings (SSSR count). The van der Waals surface area contributed by atoms with Crippen molar-refractivity contribution in [2.45, 2.75) is 32.9 Å². The summed E-state index contributed by atoms with van der Waals surface area (Å²) in [4.78, 5) is 30.5. The summed E-state index contributed by atoms with van der Waals surface area (Å²) in [5, 5.41) is 11.5. The van der Waals surface area contributed by atoms with Crippen LogP contribution in [0.2, 0.25) is 0 Å². The molecule has 0 bridgehead atoms. The summed E-state index contributed by atoms with van der Waals surface area (Å²) in [6, 6.07) is 11.8. The van der Waals surface area contributed by atoms with Gasteiger partial charge in [-0.1, -0.05) is 24.8 Å². The number of ether oxygens (including phenoxy) is 3. The number of carbonyl (C=O) groups is 2. The normalized spacial score (nSPS) is 19.7. The number of aliphatic hydroxyl groups excluding tert-OH is 1. The number of nitrogens with zero attached hydrogens (tertiary/aromatic N) is 2. The largest absolute Gasteiger partial charge is 0.507 e. The quantitative estimate of drug-likeness (QED) is 0.218. The Morgan fingerprint density at radius 2 is 1.79 bits per heavy atom. The van der Waals surface area contributed by atoms with E-state index in [1.165, 1.54) is 0 Å². The van der Waals surface area contributed by atoms with Crippen LogP contribution in [-0.2, 0) is 14.3 Å². The highest BCUT2D eigenvalue weighted by molar-refractivity contribution is 6.46. The van der Waals surface area contributed by atoms with Gasteiger partial charge >= 0.3 is 0 Å². The molecule has 1 amide bonds. The molecule has 2 aromatic carbocycles. The lowest BCUT2D eigenvalue weighted by Gasteiger charge is -2.31. The summed E-state index contributed by atoms with van der Waals surface area (Å²) in [7, 11) is 0. The van der Waals surface area contributed by atoms with Gasteiger partial charge in [-0.05, 0) is 62.2 Å². The lowest BCUT2D eigenvalue weighted by atomic mass is 9.94. The number of hydrogen-bond acceptors (Lipinski definition) is 7. The number of aliphatic hydroxyl groups is 1. The van der Waals surface area contributed by atoms with Crippen molar-refractivity contribution in [3.63, 3.8) is 0 Å². The van der Waals surface area contributed by atoms with Gasteiger partial charge in [0, 0.05) is 31.7 Å². The number of rotatable bonds is 10. The summed E-state index contributed by atoms with van der Waals surface area (Å²) in [6.07, 6.45) is 1.66. The third-order valence-corrected chi connectivity index (χ3v) is 6.69. The highest BCUT2D eigenvalue weighted by Gasteiger charge is 2.46. The number of Topliss-reactive ketones (excluding diaryl/α,β-unsaturated/α-hetero) is 1. The highest BCUT2D eigenvalue weighted by atomic mass is 16.5. The first kappa shape index (κ1) is 27.4. The number of ketones is 1. The Kier molecular flexibility index (Phi) is 8.86. The number of benzene rings is 2. The smallest absolute Gasteiger partial charge is 0.295 e. The average Bonchev–Trinajstić information content (AvgIpc) is 3.16. The maximum absolute atomic E-state index is 13.4. The van der Waals surface area contributed by atoms with Crippen molar-refractivity contribution in [1.29, 1.82) is 0 Å².